The third-order valence-electron chi connectivity index (χ3n) is 2.69. The number of hydrogen-bond acceptors (Lipinski definition) is 5. The summed E-state index contributed by atoms with van der Waals surface area (Å²) in [5.74, 6) is 0.196. The van der Waals surface area contributed by atoms with E-state index in [2.05, 4.69) is 33.1 Å². The van der Waals surface area contributed by atoms with Crippen molar-refractivity contribution in [3.63, 3.8) is 0 Å². The minimum absolute atomic E-state index is 0.00268. The summed E-state index contributed by atoms with van der Waals surface area (Å²) < 4.78 is 6.38. The average molecular weight is 425 g/mol. The number of nitro benzene ring substituents is 1. The Morgan fingerprint density at radius 3 is 2.48 bits per heavy atom. The molecule has 7 nitrogen and oxygen atoms in total. The molecule has 0 spiro atoms. The van der Waals surface area contributed by atoms with Crippen molar-refractivity contribution in [2.75, 3.05) is 6.61 Å². The number of nitrogens with zero attached hydrogens (tertiary/aromatic N) is 2. The van der Waals surface area contributed by atoms with Gasteiger partial charge in [0.1, 0.15) is 5.75 Å². The summed E-state index contributed by atoms with van der Waals surface area (Å²) in [7, 11) is 0. The summed E-state index contributed by atoms with van der Waals surface area (Å²) in [6, 6.07) is 13.1. The van der Waals surface area contributed by atoms with Crippen LogP contribution in [0.5, 0.6) is 5.75 Å². The predicted octanol–water partition coefficient (Wildman–Crippen LogP) is 2.73. The van der Waals surface area contributed by atoms with E-state index in [4.69, 9.17) is 4.74 Å². The van der Waals surface area contributed by atoms with E-state index in [9.17, 15) is 14.9 Å². The van der Waals surface area contributed by atoms with Gasteiger partial charge in [-0.1, -0.05) is 0 Å². The molecule has 0 atom stereocenters. The highest BCUT2D eigenvalue weighted by molar-refractivity contribution is 14.1. The highest BCUT2D eigenvalue weighted by Crippen LogP contribution is 2.13. The van der Waals surface area contributed by atoms with Gasteiger partial charge >= 0.3 is 0 Å². The number of amides is 1. The molecule has 0 radical (unpaired) electrons. The van der Waals surface area contributed by atoms with E-state index in [1.807, 2.05) is 12.1 Å². The van der Waals surface area contributed by atoms with Crippen LogP contribution in [-0.4, -0.2) is 23.7 Å². The smallest absolute Gasteiger partial charge is 0.277 e. The molecule has 23 heavy (non-hydrogen) atoms. The van der Waals surface area contributed by atoms with E-state index in [-0.39, 0.29) is 12.3 Å². The van der Waals surface area contributed by atoms with E-state index < -0.39 is 10.8 Å². The molecule has 0 aliphatic heterocycles. The number of halogens is 1. The van der Waals surface area contributed by atoms with Crippen LogP contribution in [0.1, 0.15) is 5.56 Å². The van der Waals surface area contributed by atoms with Gasteiger partial charge in [-0.2, -0.15) is 5.10 Å². The molecule has 0 aliphatic carbocycles. The number of carbonyl (C=O) groups is 1. The van der Waals surface area contributed by atoms with Crippen LogP contribution >= 0.6 is 22.6 Å². The zero-order chi connectivity index (χ0) is 16.7. The lowest BCUT2D eigenvalue weighted by molar-refractivity contribution is -0.384. The monoisotopic (exact) mass is 425 g/mol. The number of nitrogens with one attached hydrogen (secondary N) is 1. The zero-order valence-electron chi connectivity index (χ0n) is 11.8. The minimum atomic E-state index is -0.482. The lowest BCUT2D eigenvalue weighted by atomic mass is 10.2. The van der Waals surface area contributed by atoms with Gasteiger partial charge in [-0.05, 0) is 64.6 Å². The fraction of sp³-hybridized carbons (Fsp3) is 0.0667. The standard InChI is InChI=1S/C15H12IN3O4/c16-12-3-7-14(8-4-12)23-10-15(20)18-17-9-11-1-5-13(6-2-11)19(21)22/h1-9H,10H2,(H,18,20). The molecule has 0 saturated carbocycles. The Morgan fingerprint density at radius 1 is 1.22 bits per heavy atom. The van der Waals surface area contributed by atoms with Crippen LogP contribution < -0.4 is 10.2 Å². The third-order valence-corrected chi connectivity index (χ3v) is 3.41. The van der Waals surface area contributed by atoms with Crippen molar-refractivity contribution >= 4 is 40.4 Å². The molecule has 2 rings (SSSR count). The maximum atomic E-state index is 11.6. The topological polar surface area (TPSA) is 93.8 Å². The molecule has 0 aliphatic rings. The number of benzene rings is 2. The quantitative estimate of drug-likeness (QED) is 0.333. The number of hydrazone groups is 1. The zero-order valence-corrected chi connectivity index (χ0v) is 14.0. The summed E-state index contributed by atoms with van der Waals surface area (Å²) in [5.41, 5.74) is 2.95. The van der Waals surface area contributed by atoms with Gasteiger partial charge in [-0.15, -0.1) is 0 Å². The number of rotatable bonds is 6. The molecule has 0 unspecified atom stereocenters. The Balaban J connectivity index is 1.79. The SMILES string of the molecule is O=C(COc1ccc(I)cc1)NN=Cc1ccc([N+](=O)[O-])cc1. The maximum absolute atomic E-state index is 11.6. The van der Waals surface area contributed by atoms with Crippen LogP contribution in [0.15, 0.2) is 53.6 Å². The van der Waals surface area contributed by atoms with Gasteiger partial charge in [-0.3, -0.25) is 14.9 Å². The van der Waals surface area contributed by atoms with Gasteiger partial charge in [0.25, 0.3) is 11.6 Å². The van der Waals surface area contributed by atoms with E-state index in [0.717, 1.165) is 3.57 Å². The van der Waals surface area contributed by atoms with Gasteiger partial charge < -0.3 is 4.74 Å². The Morgan fingerprint density at radius 2 is 1.87 bits per heavy atom. The first-order valence-electron chi connectivity index (χ1n) is 6.49. The van der Waals surface area contributed by atoms with Gasteiger partial charge in [0.2, 0.25) is 0 Å². The fourth-order valence-electron chi connectivity index (χ4n) is 1.57. The van der Waals surface area contributed by atoms with Crippen LogP contribution in [-0.2, 0) is 4.79 Å². The first-order chi connectivity index (χ1) is 11.0. The Labute approximate surface area is 145 Å². The Bertz CT molecular complexity index is 715. The molecule has 118 valence electrons. The molecule has 2 aromatic rings. The molecule has 0 bridgehead atoms. The van der Waals surface area contributed by atoms with Crippen LogP contribution in [0, 0.1) is 13.7 Å². The second kappa shape index (κ2) is 8.22. The van der Waals surface area contributed by atoms with Crippen molar-refractivity contribution in [3.05, 3.63) is 67.8 Å². The number of hydrogen-bond donors (Lipinski definition) is 1. The van der Waals surface area contributed by atoms with Crippen LogP contribution in [0.4, 0.5) is 5.69 Å². The van der Waals surface area contributed by atoms with Crippen molar-refractivity contribution < 1.29 is 14.5 Å². The molecule has 1 N–H and O–H groups in total. The third kappa shape index (κ3) is 5.66. The van der Waals surface area contributed by atoms with Crippen LogP contribution in [0.3, 0.4) is 0 Å². The maximum Gasteiger partial charge on any atom is 0.277 e. The highest BCUT2D eigenvalue weighted by Gasteiger charge is 2.03. The van der Waals surface area contributed by atoms with Crippen molar-refractivity contribution in [2.45, 2.75) is 0 Å². The molecule has 2 aromatic carbocycles. The molecule has 0 heterocycles. The first kappa shape index (κ1) is 16.9. The van der Waals surface area contributed by atoms with Gasteiger partial charge in [0.05, 0.1) is 11.1 Å². The van der Waals surface area contributed by atoms with E-state index in [0.29, 0.717) is 11.3 Å². The largest absolute Gasteiger partial charge is 0.484 e. The van der Waals surface area contributed by atoms with Gasteiger partial charge in [0.15, 0.2) is 6.61 Å². The van der Waals surface area contributed by atoms with Crippen molar-refractivity contribution in [1.29, 1.82) is 0 Å². The van der Waals surface area contributed by atoms with Crippen LogP contribution in [0.2, 0.25) is 0 Å². The summed E-state index contributed by atoms with van der Waals surface area (Å²) in [6.45, 7) is -0.155. The van der Waals surface area contributed by atoms with E-state index in [1.165, 1.54) is 30.5 Å². The molecule has 0 saturated heterocycles. The average Bonchev–Trinajstić information content (AvgIpc) is 2.55. The first-order valence-corrected chi connectivity index (χ1v) is 7.57. The minimum Gasteiger partial charge on any atom is -0.484 e. The summed E-state index contributed by atoms with van der Waals surface area (Å²) in [4.78, 5) is 21.6. The molecule has 0 fully saturated rings. The van der Waals surface area contributed by atoms with Gasteiger partial charge in [0, 0.05) is 15.7 Å². The summed E-state index contributed by atoms with van der Waals surface area (Å²) in [6.07, 6.45) is 1.40. The molecular weight excluding hydrogens is 413 g/mol. The molecule has 1 amide bonds. The highest BCUT2D eigenvalue weighted by atomic mass is 127. The molecule has 8 heteroatoms. The predicted molar refractivity (Wildman–Crippen MR) is 93.5 cm³/mol. The summed E-state index contributed by atoms with van der Waals surface area (Å²) in [5, 5.41) is 14.3. The number of non-ortho nitro benzene ring substituents is 1. The second-order valence-electron chi connectivity index (χ2n) is 4.38. The fourth-order valence-corrected chi connectivity index (χ4v) is 1.93. The number of carbonyl (C=O) groups excluding carboxylic acids is 1. The Kier molecular flexibility index (Phi) is 6.03. The molecular formula is C15H12IN3O4. The van der Waals surface area contributed by atoms with Crippen molar-refractivity contribution in [3.8, 4) is 5.75 Å². The second-order valence-corrected chi connectivity index (χ2v) is 5.63. The van der Waals surface area contributed by atoms with Crippen molar-refractivity contribution in [2.24, 2.45) is 5.10 Å². The lowest BCUT2D eigenvalue weighted by Gasteiger charge is -2.04. The van der Waals surface area contributed by atoms with E-state index in [1.54, 1.807) is 12.1 Å². The number of ether oxygens (including phenoxy) is 1. The van der Waals surface area contributed by atoms with Crippen LogP contribution in [0.25, 0.3) is 0 Å². The Hall–Kier alpha value is -2.49. The van der Waals surface area contributed by atoms with Gasteiger partial charge in [-0.25, -0.2) is 5.43 Å². The number of nitro groups is 1. The lowest BCUT2D eigenvalue weighted by Crippen LogP contribution is -2.24. The van der Waals surface area contributed by atoms with E-state index >= 15 is 0 Å². The molecule has 0 aromatic heterocycles. The van der Waals surface area contributed by atoms with Crippen molar-refractivity contribution in [1.82, 2.24) is 5.43 Å². The normalized spacial score (nSPS) is 10.5. The summed E-state index contributed by atoms with van der Waals surface area (Å²) >= 11 is 2.18.